The summed E-state index contributed by atoms with van der Waals surface area (Å²) in [6, 6.07) is 9.66. The number of nitrogens with zero attached hydrogens (tertiary/aromatic N) is 3. The van der Waals surface area contributed by atoms with Crippen LogP contribution in [0.3, 0.4) is 0 Å². The summed E-state index contributed by atoms with van der Waals surface area (Å²) in [4.78, 5) is 19.4. The van der Waals surface area contributed by atoms with Crippen LogP contribution in [0, 0.1) is 6.92 Å². The van der Waals surface area contributed by atoms with Gasteiger partial charge in [-0.25, -0.2) is 9.78 Å². The van der Waals surface area contributed by atoms with Crippen LogP contribution in [-0.2, 0) is 11.3 Å². The zero-order valence-electron chi connectivity index (χ0n) is 15.5. The van der Waals surface area contributed by atoms with Crippen molar-refractivity contribution in [2.45, 2.75) is 19.9 Å². The lowest BCUT2D eigenvalue weighted by Crippen LogP contribution is -2.29. The molecule has 0 atom stereocenters. The molecule has 2 heterocycles. The van der Waals surface area contributed by atoms with Gasteiger partial charge >= 0.3 is 5.97 Å². The first kappa shape index (κ1) is 17.9. The van der Waals surface area contributed by atoms with E-state index in [9.17, 15) is 4.79 Å². The molecule has 0 amide bonds. The Bertz CT molecular complexity index is 1040. The number of carbonyl (C=O) groups excluding carboxylic acids is 1. The van der Waals surface area contributed by atoms with Crippen LogP contribution in [-0.4, -0.2) is 36.3 Å². The van der Waals surface area contributed by atoms with E-state index in [1.165, 1.54) is 7.11 Å². The number of methoxy groups -OCH3 is 2. The Kier molecular flexibility index (Phi) is 4.55. The first-order chi connectivity index (χ1) is 13.0. The predicted molar refractivity (Wildman–Crippen MR) is 108 cm³/mol. The lowest BCUT2D eigenvalue weighted by atomic mass is 10.1. The maximum Gasteiger partial charge on any atom is 0.340 e. The van der Waals surface area contributed by atoms with Crippen LogP contribution >= 0.6 is 15.9 Å². The number of hydrogen-bond acceptors (Lipinski definition) is 5. The minimum Gasteiger partial charge on any atom is -0.497 e. The number of hydrogen-bond donors (Lipinski definition) is 0. The van der Waals surface area contributed by atoms with E-state index in [4.69, 9.17) is 14.5 Å². The number of halogens is 1. The summed E-state index contributed by atoms with van der Waals surface area (Å²) >= 11 is 3.57. The first-order valence-electron chi connectivity index (χ1n) is 8.74. The summed E-state index contributed by atoms with van der Waals surface area (Å²) in [5, 5.41) is 0. The molecule has 0 N–H and O–H groups in total. The van der Waals surface area contributed by atoms with Crippen molar-refractivity contribution in [3.8, 4) is 5.75 Å². The zero-order chi connectivity index (χ0) is 19.1. The second-order valence-corrected chi connectivity index (χ2v) is 7.36. The fourth-order valence-electron chi connectivity index (χ4n) is 3.66. The lowest BCUT2D eigenvalue weighted by molar-refractivity contribution is 0.0602. The van der Waals surface area contributed by atoms with Gasteiger partial charge in [0.25, 0.3) is 0 Å². The van der Waals surface area contributed by atoms with Gasteiger partial charge in [0.2, 0.25) is 5.95 Å². The largest absolute Gasteiger partial charge is 0.497 e. The minimum atomic E-state index is -0.354. The molecule has 1 aliphatic rings. The summed E-state index contributed by atoms with van der Waals surface area (Å²) < 4.78 is 13.3. The summed E-state index contributed by atoms with van der Waals surface area (Å²) in [6.07, 6.45) is 0.955. The quantitative estimate of drug-likeness (QED) is 0.575. The molecule has 0 spiro atoms. The van der Waals surface area contributed by atoms with Gasteiger partial charge in [0.05, 0.1) is 25.3 Å². The highest BCUT2D eigenvalue weighted by Gasteiger charge is 2.27. The zero-order valence-corrected chi connectivity index (χ0v) is 17.0. The Morgan fingerprint density at radius 2 is 2.00 bits per heavy atom. The number of benzene rings is 2. The van der Waals surface area contributed by atoms with Crippen LogP contribution in [0.15, 0.2) is 34.8 Å². The summed E-state index contributed by atoms with van der Waals surface area (Å²) in [5.74, 6) is 1.31. The average Bonchev–Trinajstić information content (AvgIpc) is 3.08. The van der Waals surface area contributed by atoms with Crippen molar-refractivity contribution in [1.82, 2.24) is 9.55 Å². The number of carbonyl (C=O) groups is 1. The molecule has 0 saturated heterocycles. The van der Waals surface area contributed by atoms with Crippen LogP contribution in [0.25, 0.3) is 11.0 Å². The topological polar surface area (TPSA) is 56.6 Å². The average molecular weight is 430 g/mol. The third kappa shape index (κ3) is 2.86. The molecule has 27 heavy (non-hydrogen) atoms. The van der Waals surface area contributed by atoms with E-state index in [1.807, 2.05) is 18.2 Å². The van der Waals surface area contributed by atoms with E-state index in [-0.39, 0.29) is 5.97 Å². The number of esters is 1. The Hall–Kier alpha value is -2.54. The third-order valence-electron chi connectivity index (χ3n) is 4.93. The van der Waals surface area contributed by atoms with Gasteiger partial charge in [-0.1, -0.05) is 0 Å². The molecule has 0 radical (unpaired) electrons. The smallest absolute Gasteiger partial charge is 0.340 e. The summed E-state index contributed by atoms with van der Waals surface area (Å²) in [7, 11) is 3.07. The highest BCUT2D eigenvalue weighted by molar-refractivity contribution is 9.10. The molecular weight excluding hydrogens is 410 g/mol. The van der Waals surface area contributed by atoms with E-state index in [0.29, 0.717) is 5.56 Å². The van der Waals surface area contributed by atoms with Gasteiger partial charge in [-0.3, -0.25) is 0 Å². The molecule has 140 valence electrons. The molecule has 2 aromatic carbocycles. The van der Waals surface area contributed by atoms with Gasteiger partial charge in [-0.15, -0.1) is 0 Å². The van der Waals surface area contributed by atoms with Crippen molar-refractivity contribution in [1.29, 1.82) is 0 Å². The van der Waals surface area contributed by atoms with Crippen LogP contribution in [0.2, 0.25) is 0 Å². The predicted octanol–water partition coefficient (Wildman–Crippen LogP) is 4.44. The Balaban J connectivity index is 1.92. The molecule has 6 nitrogen and oxygen atoms in total. The summed E-state index contributed by atoms with van der Waals surface area (Å²) in [5.41, 5.74) is 4.31. The maximum absolute atomic E-state index is 12.3. The second-order valence-electron chi connectivity index (χ2n) is 6.50. The lowest BCUT2D eigenvalue weighted by Gasteiger charge is -2.30. The van der Waals surface area contributed by atoms with Crippen LogP contribution in [0.5, 0.6) is 5.75 Å². The molecule has 4 rings (SSSR count). The molecule has 1 aliphatic heterocycles. The number of imidazole rings is 1. The van der Waals surface area contributed by atoms with Gasteiger partial charge in [0.1, 0.15) is 11.3 Å². The van der Waals surface area contributed by atoms with Crippen LogP contribution in [0.4, 0.5) is 11.6 Å². The molecule has 7 heteroatoms. The molecule has 0 aliphatic carbocycles. The van der Waals surface area contributed by atoms with Crippen LogP contribution in [0.1, 0.15) is 22.3 Å². The molecule has 1 aromatic heterocycles. The van der Waals surface area contributed by atoms with Crippen LogP contribution < -0.4 is 9.64 Å². The first-order valence-corrected chi connectivity index (χ1v) is 9.53. The molecule has 3 aromatic rings. The van der Waals surface area contributed by atoms with Crippen molar-refractivity contribution in [3.63, 3.8) is 0 Å². The van der Waals surface area contributed by atoms with Gasteiger partial charge in [-0.2, -0.15) is 0 Å². The van der Waals surface area contributed by atoms with Crippen molar-refractivity contribution >= 4 is 44.6 Å². The van der Waals surface area contributed by atoms with Gasteiger partial charge < -0.3 is 18.9 Å². The molecule has 0 fully saturated rings. The third-order valence-corrected chi connectivity index (χ3v) is 5.57. The highest BCUT2D eigenvalue weighted by atomic mass is 79.9. The Labute approximate surface area is 165 Å². The van der Waals surface area contributed by atoms with Gasteiger partial charge in [-0.05, 0) is 65.2 Å². The maximum atomic E-state index is 12.3. The number of anilines is 2. The number of ether oxygens (including phenoxy) is 2. The minimum absolute atomic E-state index is 0.354. The van der Waals surface area contributed by atoms with Gasteiger partial charge in [0, 0.05) is 23.2 Å². The van der Waals surface area contributed by atoms with Crippen molar-refractivity contribution < 1.29 is 14.3 Å². The number of aromatic nitrogens is 2. The fraction of sp³-hybridized carbons (Fsp3) is 0.300. The Morgan fingerprint density at radius 3 is 2.70 bits per heavy atom. The monoisotopic (exact) mass is 429 g/mol. The van der Waals surface area contributed by atoms with E-state index < -0.39 is 0 Å². The second kappa shape index (κ2) is 6.88. The van der Waals surface area contributed by atoms with Crippen molar-refractivity contribution in [2.24, 2.45) is 0 Å². The number of fused-ring (bicyclic) bond motifs is 3. The van der Waals surface area contributed by atoms with Crippen molar-refractivity contribution in [2.75, 3.05) is 25.7 Å². The van der Waals surface area contributed by atoms with E-state index in [2.05, 4.69) is 38.4 Å². The normalized spacial score (nSPS) is 13.6. The van der Waals surface area contributed by atoms with E-state index >= 15 is 0 Å². The molecular formula is C20H20BrN3O3. The SMILES string of the molecule is COC(=O)c1ccc(Br)c2nc3n(c12)CCCN3c1ccc(OC)cc1C. The fourth-order valence-corrected chi connectivity index (χ4v) is 4.07. The van der Waals surface area contributed by atoms with Gasteiger partial charge in [0.15, 0.2) is 0 Å². The number of rotatable bonds is 3. The van der Waals surface area contributed by atoms with E-state index in [1.54, 1.807) is 13.2 Å². The number of aryl methyl sites for hydroxylation is 2. The Morgan fingerprint density at radius 1 is 1.19 bits per heavy atom. The van der Waals surface area contributed by atoms with E-state index in [0.717, 1.165) is 58.0 Å². The summed E-state index contributed by atoms with van der Waals surface area (Å²) in [6.45, 7) is 3.73. The highest BCUT2D eigenvalue weighted by Crippen LogP contribution is 2.38. The standard InChI is InChI=1S/C20H20BrN3O3/c1-12-11-13(26-2)5-8-16(12)23-9-4-10-24-18-14(19(25)27-3)6-7-15(21)17(18)22-20(23)24/h5-8,11H,4,9-10H2,1-3H3. The molecule has 0 bridgehead atoms. The van der Waals surface area contributed by atoms with Crippen molar-refractivity contribution in [3.05, 3.63) is 45.9 Å². The molecule has 0 unspecified atom stereocenters. The molecule has 0 saturated carbocycles.